The molecule has 4 nitrogen and oxygen atoms in total. The molecule has 29 heavy (non-hydrogen) atoms. The third-order valence-electron chi connectivity index (χ3n) is 5.27. The van der Waals surface area contributed by atoms with Gasteiger partial charge >= 0.3 is 0 Å². The second-order valence-electron chi connectivity index (χ2n) is 7.09. The maximum Gasteiger partial charge on any atom is 0.255 e. The number of carbonyl (C=O) groups is 1. The molecule has 1 amide bonds. The summed E-state index contributed by atoms with van der Waals surface area (Å²) in [6, 6.07) is 23.6. The Labute approximate surface area is 176 Å². The number of methoxy groups -OCH3 is 1. The zero-order valence-corrected chi connectivity index (χ0v) is 17.0. The molecule has 0 radical (unpaired) electrons. The minimum Gasteiger partial charge on any atom is -0.497 e. The molecule has 4 rings (SSSR count). The van der Waals surface area contributed by atoms with E-state index in [4.69, 9.17) is 16.3 Å². The van der Waals surface area contributed by atoms with Gasteiger partial charge in [-0.15, -0.1) is 0 Å². The highest BCUT2D eigenvalue weighted by Gasteiger charge is 2.35. The van der Waals surface area contributed by atoms with Crippen molar-refractivity contribution in [1.82, 2.24) is 10.2 Å². The van der Waals surface area contributed by atoms with Crippen LogP contribution in [-0.2, 0) is 13.0 Å². The van der Waals surface area contributed by atoms with E-state index in [0.717, 1.165) is 39.4 Å². The van der Waals surface area contributed by atoms with E-state index in [2.05, 4.69) is 5.32 Å². The van der Waals surface area contributed by atoms with Gasteiger partial charge in [-0.1, -0.05) is 54.1 Å². The van der Waals surface area contributed by atoms with Crippen LogP contribution in [0, 0.1) is 0 Å². The van der Waals surface area contributed by atoms with Crippen LogP contribution in [0.4, 0.5) is 0 Å². The van der Waals surface area contributed by atoms with Gasteiger partial charge in [-0.05, 0) is 47.9 Å². The summed E-state index contributed by atoms with van der Waals surface area (Å²) in [5.41, 5.74) is 4.10. The van der Waals surface area contributed by atoms with Crippen molar-refractivity contribution in [2.75, 3.05) is 13.7 Å². The van der Waals surface area contributed by atoms with Gasteiger partial charge in [0.25, 0.3) is 5.91 Å². The number of ether oxygens (including phenoxy) is 1. The van der Waals surface area contributed by atoms with Gasteiger partial charge in [0.2, 0.25) is 0 Å². The number of carbonyl (C=O) groups excluding carboxylic acids is 1. The maximum absolute atomic E-state index is 13.0. The normalized spacial score (nSPS) is 15.4. The molecule has 0 unspecified atom stereocenters. The molecule has 0 aromatic heterocycles. The molecule has 5 heteroatoms. The topological polar surface area (TPSA) is 41.6 Å². The van der Waals surface area contributed by atoms with Crippen LogP contribution in [0.1, 0.15) is 33.2 Å². The molecule has 0 spiro atoms. The summed E-state index contributed by atoms with van der Waals surface area (Å²) in [6.45, 7) is 1.29. The number of halogens is 1. The van der Waals surface area contributed by atoms with Crippen molar-refractivity contribution < 1.29 is 9.53 Å². The second-order valence-corrected chi connectivity index (χ2v) is 7.53. The van der Waals surface area contributed by atoms with Gasteiger partial charge in [0, 0.05) is 29.2 Å². The number of amides is 1. The first-order valence-corrected chi connectivity index (χ1v) is 10.0. The van der Waals surface area contributed by atoms with E-state index in [1.54, 1.807) is 7.11 Å². The fraction of sp³-hybridized carbons (Fsp3) is 0.208. The van der Waals surface area contributed by atoms with E-state index in [1.807, 2.05) is 77.7 Å². The Morgan fingerprint density at radius 2 is 1.66 bits per heavy atom. The number of rotatable bonds is 7. The lowest BCUT2D eigenvalue weighted by molar-refractivity contribution is 0.0696. The van der Waals surface area contributed by atoms with E-state index in [1.165, 1.54) is 0 Å². The van der Waals surface area contributed by atoms with Crippen LogP contribution in [0.25, 0.3) is 0 Å². The zero-order chi connectivity index (χ0) is 20.2. The van der Waals surface area contributed by atoms with E-state index in [0.29, 0.717) is 13.1 Å². The largest absolute Gasteiger partial charge is 0.497 e. The molecule has 1 heterocycles. The van der Waals surface area contributed by atoms with Crippen molar-refractivity contribution in [3.8, 4) is 5.75 Å². The number of benzene rings is 3. The monoisotopic (exact) mass is 406 g/mol. The van der Waals surface area contributed by atoms with Gasteiger partial charge in [0.15, 0.2) is 0 Å². The quantitative estimate of drug-likeness (QED) is 0.610. The van der Waals surface area contributed by atoms with Gasteiger partial charge in [0.05, 0.1) is 7.11 Å². The smallest absolute Gasteiger partial charge is 0.255 e. The average Bonchev–Trinajstić information content (AvgIpc) is 3.03. The van der Waals surface area contributed by atoms with Crippen molar-refractivity contribution in [1.29, 1.82) is 0 Å². The van der Waals surface area contributed by atoms with Crippen LogP contribution in [0.2, 0.25) is 5.02 Å². The Morgan fingerprint density at radius 3 is 2.38 bits per heavy atom. The van der Waals surface area contributed by atoms with Gasteiger partial charge in [-0.3, -0.25) is 10.1 Å². The minimum atomic E-state index is -0.145. The lowest BCUT2D eigenvalue weighted by Crippen LogP contribution is -2.37. The highest BCUT2D eigenvalue weighted by atomic mass is 35.5. The van der Waals surface area contributed by atoms with Crippen molar-refractivity contribution in [3.63, 3.8) is 0 Å². The molecule has 0 bridgehead atoms. The molecule has 0 aliphatic carbocycles. The van der Waals surface area contributed by atoms with E-state index >= 15 is 0 Å². The molecule has 1 aliphatic rings. The fourth-order valence-corrected chi connectivity index (χ4v) is 3.81. The standard InChI is InChI=1S/C24H23ClN2O2/c1-29-20-12-8-18(9-13-20)16-26-23-21-4-2-3-5-22(21)24(28)27(23)15-14-17-6-10-19(25)11-7-17/h2-13,23,26H,14-16H2,1H3/t23-/m1/s1. The first-order valence-electron chi connectivity index (χ1n) is 9.66. The van der Waals surface area contributed by atoms with Gasteiger partial charge < -0.3 is 9.64 Å². The predicted octanol–water partition coefficient (Wildman–Crippen LogP) is 4.84. The number of hydrogen-bond acceptors (Lipinski definition) is 3. The fourth-order valence-electron chi connectivity index (χ4n) is 3.68. The highest BCUT2D eigenvalue weighted by molar-refractivity contribution is 6.30. The highest BCUT2D eigenvalue weighted by Crippen LogP contribution is 2.32. The summed E-state index contributed by atoms with van der Waals surface area (Å²) in [5.74, 6) is 0.904. The molecular formula is C24H23ClN2O2. The molecule has 1 N–H and O–H groups in total. The Bertz CT molecular complexity index is 987. The zero-order valence-electron chi connectivity index (χ0n) is 16.3. The number of nitrogens with zero attached hydrogens (tertiary/aromatic N) is 1. The Balaban J connectivity index is 1.50. The van der Waals surface area contributed by atoms with Crippen LogP contribution < -0.4 is 10.1 Å². The Kier molecular flexibility index (Phi) is 5.84. The van der Waals surface area contributed by atoms with E-state index in [9.17, 15) is 4.79 Å². The Morgan fingerprint density at radius 1 is 0.966 bits per heavy atom. The predicted molar refractivity (Wildman–Crippen MR) is 115 cm³/mol. The molecule has 3 aromatic carbocycles. The lowest BCUT2D eigenvalue weighted by Gasteiger charge is -2.26. The summed E-state index contributed by atoms with van der Waals surface area (Å²) in [7, 11) is 1.66. The van der Waals surface area contributed by atoms with Crippen molar-refractivity contribution in [2.45, 2.75) is 19.1 Å². The first-order chi connectivity index (χ1) is 14.2. The summed E-state index contributed by atoms with van der Waals surface area (Å²) >= 11 is 5.98. The van der Waals surface area contributed by atoms with Crippen LogP contribution in [-0.4, -0.2) is 24.5 Å². The molecular weight excluding hydrogens is 384 g/mol. The van der Waals surface area contributed by atoms with Gasteiger partial charge in [-0.2, -0.15) is 0 Å². The van der Waals surface area contributed by atoms with Gasteiger partial charge in [-0.25, -0.2) is 0 Å². The SMILES string of the molecule is COc1ccc(CN[C@H]2c3ccccc3C(=O)N2CCc2ccc(Cl)cc2)cc1. The van der Waals surface area contributed by atoms with E-state index in [-0.39, 0.29) is 12.1 Å². The molecule has 1 atom stereocenters. The molecule has 1 aliphatic heterocycles. The molecule has 148 valence electrons. The molecule has 0 fully saturated rings. The van der Waals surface area contributed by atoms with Crippen molar-refractivity contribution in [2.24, 2.45) is 0 Å². The van der Waals surface area contributed by atoms with Crippen molar-refractivity contribution in [3.05, 3.63) is 100 Å². The number of fused-ring (bicyclic) bond motifs is 1. The van der Waals surface area contributed by atoms with Crippen molar-refractivity contribution >= 4 is 17.5 Å². The van der Waals surface area contributed by atoms with Crippen LogP contribution >= 0.6 is 11.6 Å². The second kappa shape index (κ2) is 8.68. The maximum atomic E-state index is 13.0. The van der Waals surface area contributed by atoms with Crippen LogP contribution in [0.5, 0.6) is 5.75 Å². The third-order valence-corrected chi connectivity index (χ3v) is 5.52. The first kappa shape index (κ1) is 19.5. The summed E-state index contributed by atoms with van der Waals surface area (Å²) in [4.78, 5) is 14.9. The third kappa shape index (κ3) is 4.29. The lowest BCUT2D eigenvalue weighted by atomic mass is 10.1. The van der Waals surface area contributed by atoms with Crippen LogP contribution in [0.15, 0.2) is 72.8 Å². The van der Waals surface area contributed by atoms with Crippen LogP contribution in [0.3, 0.4) is 0 Å². The summed E-state index contributed by atoms with van der Waals surface area (Å²) in [6.07, 6.45) is 0.630. The molecule has 3 aromatic rings. The molecule has 0 saturated carbocycles. The number of nitrogens with one attached hydrogen (secondary N) is 1. The molecule has 0 saturated heterocycles. The Hall–Kier alpha value is -2.82. The minimum absolute atomic E-state index is 0.0711. The number of hydrogen-bond donors (Lipinski definition) is 1. The summed E-state index contributed by atoms with van der Waals surface area (Å²) < 4.78 is 5.22. The summed E-state index contributed by atoms with van der Waals surface area (Å²) in [5, 5.41) is 4.28. The van der Waals surface area contributed by atoms with Gasteiger partial charge in [0.1, 0.15) is 11.9 Å². The van der Waals surface area contributed by atoms with E-state index < -0.39 is 0 Å². The average molecular weight is 407 g/mol.